The Morgan fingerprint density at radius 1 is 1.00 bits per heavy atom. The highest BCUT2D eigenvalue weighted by Gasteiger charge is 2.51. The number of rotatable bonds is 2. The molecular formula is C17H19BN2O2. The lowest BCUT2D eigenvalue weighted by Crippen LogP contribution is -2.41. The van der Waals surface area contributed by atoms with Gasteiger partial charge in [0.05, 0.1) is 22.8 Å². The molecule has 1 saturated heterocycles. The van der Waals surface area contributed by atoms with Crippen LogP contribution < -0.4 is 5.46 Å². The molecule has 4 nitrogen and oxygen atoms in total. The maximum absolute atomic E-state index is 9.29. The highest BCUT2D eigenvalue weighted by atomic mass is 16.7. The van der Waals surface area contributed by atoms with E-state index in [2.05, 4.69) is 6.07 Å². The average Bonchev–Trinajstić information content (AvgIpc) is 3.05. The van der Waals surface area contributed by atoms with Gasteiger partial charge >= 0.3 is 7.12 Å². The molecule has 22 heavy (non-hydrogen) atoms. The standard InChI is InChI=1S/C17H19BN2O2/c1-16(2)17(3,4)22-18(21-16)14-9-13(12-19)10-15(11-14)20-7-5-6-8-20/h5-11H,1-4H3. The van der Waals surface area contributed by atoms with E-state index >= 15 is 0 Å². The van der Waals surface area contributed by atoms with Crippen LogP contribution in [0.25, 0.3) is 5.69 Å². The summed E-state index contributed by atoms with van der Waals surface area (Å²) in [5.41, 5.74) is 1.59. The van der Waals surface area contributed by atoms with Crippen molar-refractivity contribution in [3.8, 4) is 11.8 Å². The molecule has 1 aliphatic heterocycles. The van der Waals surface area contributed by atoms with E-state index in [1.165, 1.54) is 0 Å². The van der Waals surface area contributed by atoms with Gasteiger partial charge in [-0.05, 0) is 63.5 Å². The number of benzene rings is 1. The van der Waals surface area contributed by atoms with Gasteiger partial charge in [-0.3, -0.25) is 0 Å². The van der Waals surface area contributed by atoms with Crippen LogP contribution in [0.4, 0.5) is 0 Å². The summed E-state index contributed by atoms with van der Waals surface area (Å²) in [5, 5.41) is 9.29. The van der Waals surface area contributed by atoms with Crippen LogP contribution in [0.15, 0.2) is 42.7 Å². The van der Waals surface area contributed by atoms with Crippen LogP contribution in [0.5, 0.6) is 0 Å². The van der Waals surface area contributed by atoms with Crippen LogP contribution in [0.3, 0.4) is 0 Å². The Morgan fingerprint density at radius 3 is 2.14 bits per heavy atom. The summed E-state index contributed by atoms with van der Waals surface area (Å²) in [6, 6.07) is 11.8. The Bertz CT molecular complexity index is 714. The van der Waals surface area contributed by atoms with Gasteiger partial charge in [0.15, 0.2) is 0 Å². The van der Waals surface area contributed by atoms with Crippen molar-refractivity contribution in [3.05, 3.63) is 48.3 Å². The second-order valence-corrected chi connectivity index (χ2v) is 6.60. The van der Waals surface area contributed by atoms with Gasteiger partial charge in [0.2, 0.25) is 0 Å². The number of hydrogen-bond acceptors (Lipinski definition) is 3. The fourth-order valence-corrected chi connectivity index (χ4v) is 2.47. The van der Waals surface area contributed by atoms with Crippen LogP contribution in [-0.4, -0.2) is 22.9 Å². The van der Waals surface area contributed by atoms with Crippen molar-refractivity contribution in [2.45, 2.75) is 38.9 Å². The molecule has 0 radical (unpaired) electrons. The minimum atomic E-state index is -0.465. The Morgan fingerprint density at radius 2 is 1.59 bits per heavy atom. The minimum absolute atomic E-state index is 0.395. The predicted octanol–water partition coefficient (Wildman–Crippen LogP) is 2.65. The van der Waals surface area contributed by atoms with Crippen molar-refractivity contribution >= 4 is 12.6 Å². The van der Waals surface area contributed by atoms with E-state index < -0.39 is 18.3 Å². The number of nitriles is 1. The van der Waals surface area contributed by atoms with Crippen molar-refractivity contribution < 1.29 is 9.31 Å². The highest BCUT2D eigenvalue weighted by Crippen LogP contribution is 2.36. The molecule has 0 N–H and O–H groups in total. The first-order valence-electron chi connectivity index (χ1n) is 7.36. The van der Waals surface area contributed by atoms with Gasteiger partial charge in [0, 0.05) is 18.1 Å². The van der Waals surface area contributed by atoms with Crippen molar-refractivity contribution in [1.82, 2.24) is 4.57 Å². The summed E-state index contributed by atoms with van der Waals surface area (Å²) in [7, 11) is -0.465. The first kappa shape index (κ1) is 14.9. The number of aromatic nitrogens is 1. The molecule has 0 atom stereocenters. The smallest absolute Gasteiger partial charge is 0.399 e. The maximum Gasteiger partial charge on any atom is 0.494 e. The molecular weight excluding hydrogens is 275 g/mol. The molecule has 0 saturated carbocycles. The first-order valence-corrected chi connectivity index (χ1v) is 7.36. The molecule has 2 heterocycles. The monoisotopic (exact) mass is 294 g/mol. The molecule has 5 heteroatoms. The molecule has 0 amide bonds. The largest absolute Gasteiger partial charge is 0.494 e. The van der Waals surface area contributed by atoms with E-state index in [4.69, 9.17) is 9.31 Å². The van der Waals surface area contributed by atoms with Crippen molar-refractivity contribution in [2.24, 2.45) is 0 Å². The van der Waals surface area contributed by atoms with Gasteiger partial charge in [0.25, 0.3) is 0 Å². The summed E-state index contributed by atoms with van der Waals surface area (Å²) in [6.45, 7) is 8.09. The fraction of sp³-hybridized carbons (Fsp3) is 0.353. The molecule has 1 fully saturated rings. The van der Waals surface area contributed by atoms with E-state index in [-0.39, 0.29) is 0 Å². The zero-order valence-electron chi connectivity index (χ0n) is 13.3. The molecule has 2 aromatic rings. The van der Waals surface area contributed by atoms with Gasteiger partial charge in [-0.15, -0.1) is 0 Å². The summed E-state index contributed by atoms with van der Waals surface area (Å²) in [4.78, 5) is 0. The van der Waals surface area contributed by atoms with Gasteiger partial charge in [0.1, 0.15) is 0 Å². The second-order valence-electron chi connectivity index (χ2n) is 6.60. The van der Waals surface area contributed by atoms with Crippen molar-refractivity contribution in [3.63, 3.8) is 0 Å². The SMILES string of the molecule is CC1(C)OB(c2cc(C#N)cc(-n3cccc3)c2)OC1(C)C. The Hall–Kier alpha value is -2.03. The van der Waals surface area contributed by atoms with Crippen LogP contribution in [0.1, 0.15) is 33.3 Å². The van der Waals surface area contributed by atoms with Gasteiger partial charge in [-0.2, -0.15) is 5.26 Å². The lowest BCUT2D eigenvalue weighted by molar-refractivity contribution is 0.00578. The Balaban J connectivity index is 2.02. The Labute approximate surface area is 131 Å². The zero-order chi connectivity index (χ0) is 16.0. The van der Waals surface area contributed by atoms with Crippen LogP contribution in [0.2, 0.25) is 0 Å². The van der Waals surface area contributed by atoms with Crippen LogP contribution >= 0.6 is 0 Å². The third-order valence-corrected chi connectivity index (χ3v) is 4.50. The Kier molecular flexibility index (Phi) is 3.39. The third kappa shape index (κ3) is 2.45. The molecule has 0 bridgehead atoms. The average molecular weight is 294 g/mol. The summed E-state index contributed by atoms with van der Waals surface area (Å²) in [6.07, 6.45) is 3.90. The second kappa shape index (κ2) is 5.01. The molecule has 0 aliphatic carbocycles. The zero-order valence-corrected chi connectivity index (χ0v) is 13.3. The van der Waals surface area contributed by atoms with Crippen molar-refractivity contribution in [2.75, 3.05) is 0 Å². The molecule has 1 aliphatic rings. The van der Waals surface area contributed by atoms with Crippen molar-refractivity contribution in [1.29, 1.82) is 5.26 Å². The van der Waals surface area contributed by atoms with E-state index in [1.54, 1.807) is 0 Å². The van der Waals surface area contributed by atoms with E-state index in [1.807, 2.05) is 75.0 Å². The summed E-state index contributed by atoms with van der Waals surface area (Å²) in [5.74, 6) is 0. The van der Waals surface area contributed by atoms with E-state index in [0.717, 1.165) is 11.2 Å². The van der Waals surface area contributed by atoms with Gasteiger partial charge in [-0.1, -0.05) is 0 Å². The molecule has 1 aromatic carbocycles. The van der Waals surface area contributed by atoms with Crippen LogP contribution in [0, 0.1) is 11.3 Å². The minimum Gasteiger partial charge on any atom is -0.399 e. The normalized spacial score (nSPS) is 19.1. The van der Waals surface area contributed by atoms with Gasteiger partial charge in [-0.25, -0.2) is 0 Å². The number of nitrogens with zero attached hydrogens (tertiary/aromatic N) is 2. The highest BCUT2D eigenvalue weighted by molar-refractivity contribution is 6.62. The fourth-order valence-electron chi connectivity index (χ4n) is 2.47. The summed E-state index contributed by atoms with van der Waals surface area (Å²) >= 11 is 0. The number of hydrogen-bond donors (Lipinski definition) is 0. The third-order valence-electron chi connectivity index (χ3n) is 4.50. The van der Waals surface area contributed by atoms with E-state index in [9.17, 15) is 5.26 Å². The quantitative estimate of drug-likeness (QED) is 0.800. The molecule has 0 unspecified atom stereocenters. The molecule has 1 aromatic heterocycles. The maximum atomic E-state index is 9.29. The first-order chi connectivity index (χ1) is 10.3. The lowest BCUT2D eigenvalue weighted by atomic mass is 9.78. The predicted molar refractivity (Wildman–Crippen MR) is 86.2 cm³/mol. The topological polar surface area (TPSA) is 47.2 Å². The molecule has 112 valence electrons. The summed E-state index contributed by atoms with van der Waals surface area (Å²) < 4.78 is 14.1. The van der Waals surface area contributed by atoms with E-state index in [0.29, 0.717) is 5.56 Å². The molecule has 3 rings (SSSR count). The van der Waals surface area contributed by atoms with Crippen LogP contribution in [-0.2, 0) is 9.31 Å². The lowest BCUT2D eigenvalue weighted by Gasteiger charge is -2.32. The molecule has 0 spiro atoms. The van der Waals surface area contributed by atoms with Gasteiger partial charge < -0.3 is 13.9 Å².